The van der Waals surface area contributed by atoms with Gasteiger partial charge in [-0.1, -0.05) is 6.07 Å². The van der Waals surface area contributed by atoms with E-state index in [1.54, 1.807) is 48.8 Å². The van der Waals surface area contributed by atoms with Gasteiger partial charge in [-0.25, -0.2) is 28.4 Å². The Labute approximate surface area is 209 Å². The molecule has 0 amide bonds. The second-order valence-electron chi connectivity index (χ2n) is 8.12. The molecule has 5 rings (SSSR count). The summed E-state index contributed by atoms with van der Waals surface area (Å²) in [6.07, 6.45) is 3.27. The van der Waals surface area contributed by atoms with E-state index in [9.17, 15) is 8.42 Å². The lowest BCUT2D eigenvalue weighted by atomic mass is 10.3. The summed E-state index contributed by atoms with van der Waals surface area (Å²) < 4.78 is 27.2. The Morgan fingerprint density at radius 3 is 2.31 bits per heavy atom. The van der Waals surface area contributed by atoms with Crippen LogP contribution in [0.2, 0.25) is 0 Å². The Hall–Kier alpha value is -4.00. The minimum Gasteiger partial charge on any atom is -0.325 e. The predicted octanol–water partition coefficient (Wildman–Crippen LogP) is 2.72. The molecule has 0 atom stereocenters. The minimum atomic E-state index is -3.51. The molecule has 184 valence electrons. The highest BCUT2D eigenvalue weighted by Gasteiger charge is 2.25. The number of benzene rings is 1. The second-order valence-corrected chi connectivity index (χ2v) is 10.1. The molecule has 0 saturated carbocycles. The van der Waals surface area contributed by atoms with E-state index in [1.165, 1.54) is 4.31 Å². The number of pyridine rings is 1. The third-order valence-electron chi connectivity index (χ3n) is 5.51. The Bertz CT molecular complexity index is 1460. The van der Waals surface area contributed by atoms with Crippen molar-refractivity contribution < 1.29 is 8.42 Å². The minimum absolute atomic E-state index is 0.258. The number of sulfonamides is 1. The fraction of sp³-hybridized carbons (Fsp3) is 0.208. The van der Waals surface area contributed by atoms with Crippen LogP contribution in [-0.4, -0.2) is 63.8 Å². The lowest BCUT2D eigenvalue weighted by Gasteiger charge is -2.26. The number of nitrogens with zero attached hydrogens (tertiary/aromatic N) is 6. The third kappa shape index (κ3) is 5.46. The first-order chi connectivity index (χ1) is 17.5. The van der Waals surface area contributed by atoms with Crippen LogP contribution in [0.15, 0.2) is 71.9 Å². The maximum absolute atomic E-state index is 12.8. The van der Waals surface area contributed by atoms with Gasteiger partial charge in [0.1, 0.15) is 17.3 Å². The summed E-state index contributed by atoms with van der Waals surface area (Å²) in [5, 5.41) is 9.43. The van der Waals surface area contributed by atoms with Gasteiger partial charge in [-0.15, -0.1) is 0 Å². The molecule has 0 radical (unpaired) electrons. The number of hydrogen-bond donors (Lipinski definition) is 3. The van der Waals surface area contributed by atoms with Gasteiger partial charge in [-0.05, 0) is 55.5 Å². The number of aryl methyl sites for hydroxylation is 1. The highest BCUT2D eigenvalue weighted by molar-refractivity contribution is 7.89. The maximum atomic E-state index is 12.8. The van der Waals surface area contributed by atoms with E-state index in [-0.39, 0.29) is 4.90 Å². The number of hydrogen-bond acceptors (Lipinski definition) is 10. The van der Waals surface area contributed by atoms with Crippen LogP contribution in [0.1, 0.15) is 5.69 Å². The lowest BCUT2D eigenvalue weighted by Crippen LogP contribution is -2.46. The molecule has 0 spiro atoms. The average Bonchev–Trinajstić information content (AvgIpc) is 2.90. The van der Waals surface area contributed by atoms with Crippen LogP contribution in [0, 0.1) is 6.92 Å². The van der Waals surface area contributed by atoms with Crippen molar-refractivity contribution in [1.82, 2.24) is 34.5 Å². The van der Waals surface area contributed by atoms with Crippen LogP contribution < -0.4 is 16.0 Å². The van der Waals surface area contributed by atoms with Gasteiger partial charge in [-0.3, -0.25) is 0 Å². The van der Waals surface area contributed by atoms with Gasteiger partial charge >= 0.3 is 0 Å². The topological polar surface area (TPSA) is 138 Å². The molecule has 1 fully saturated rings. The molecule has 4 aromatic rings. The number of aromatic nitrogens is 5. The summed E-state index contributed by atoms with van der Waals surface area (Å²) in [5.41, 5.74) is 2.24. The van der Waals surface area contributed by atoms with Crippen molar-refractivity contribution >= 4 is 33.3 Å². The zero-order valence-corrected chi connectivity index (χ0v) is 20.4. The summed E-state index contributed by atoms with van der Waals surface area (Å²) >= 11 is 0. The normalized spacial score (nSPS) is 14.4. The van der Waals surface area contributed by atoms with Gasteiger partial charge in [0.25, 0.3) is 0 Å². The summed E-state index contributed by atoms with van der Waals surface area (Å²) in [4.78, 5) is 22.3. The van der Waals surface area contributed by atoms with Crippen LogP contribution in [0.25, 0.3) is 11.5 Å². The first-order valence-electron chi connectivity index (χ1n) is 11.4. The number of rotatable bonds is 7. The van der Waals surface area contributed by atoms with Gasteiger partial charge in [0.05, 0.1) is 4.90 Å². The van der Waals surface area contributed by atoms with Gasteiger partial charge < -0.3 is 16.0 Å². The highest BCUT2D eigenvalue weighted by Crippen LogP contribution is 2.22. The molecule has 3 N–H and O–H groups in total. The monoisotopic (exact) mass is 503 g/mol. The zero-order valence-electron chi connectivity index (χ0n) is 19.6. The molecule has 1 aromatic carbocycles. The van der Waals surface area contributed by atoms with Crippen molar-refractivity contribution in [1.29, 1.82) is 0 Å². The Morgan fingerprint density at radius 2 is 1.56 bits per heavy atom. The lowest BCUT2D eigenvalue weighted by molar-refractivity contribution is 0.360. The number of nitrogens with one attached hydrogen (secondary N) is 3. The predicted molar refractivity (Wildman–Crippen MR) is 137 cm³/mol. The fourth-order valence-electron chi connectivity index (χ4n) is 3.71. The van der Waals surface area contributed by atoms with E-state index < -0.39 is 10.0 Å². The van der Waals surface area contributed by atoms with Crippen molar-refractivity contribution in [3.05, 3.63) is 72.7 Å². The molecule has 1 aliphatic rings. The van der Waals surface area contributed by atoms with E-state index in [2.05, 4.69) is 40.9 Å². The van der Waals surface area contributed by atoms with Gasteiger partial charge in [0.15, 0.2) is 5.82 Å². The number of piperazine rings is 1. The van der Waals surface area contributed by atoms with Crippen LogP contribution in [0.5, 0.6) is 0 Å². The molecule has 1 aliphatic heterocycles. The quantitative estimate of drug-likeness (QED) is 0.345. The van der Waals surface area contributed by atoms with Crippen LogP contribution >= 0.6 is 0 Å². The molecule has 0 unspecified atom stereocenters. The van der Waals surface area contributed by atoms with E-state index in [1.807, 2.05) is 25.1 Å². The summed E-state index contributed by atoms with van der Waals surface area (Å²) in [5.74, 6) is 1.96. The SMILES string of the molecule is Cc1cccc(-c2nccc(Nc3ccnc(Nc4ccc(S(=O)(=O)N5CCNCC5)cc4)n3)n2)n1. The van der Waals surface area contributed by atoms with Gasteiger partial charge in [0.2, 0.25) is 16.0 Å². The molecule has 11 nitrogen and oxygen atoms in total. The van der Waals surface area contributed by atoms with E-state index in [4.69, 9.17) is 0 Å². The molecule has 0 bridgehead atoms. The van der Waals surface area contributed by atoms with Crippen molar-refractivity contribution in [3.8, 4) is 11.5 Å². The van der Waals surface area contributed by atoms with Crippen LogP contribution in [0.3, 0.4) is 0 Å². The number of anilines is 4. The standard InChI is InChI=1S/C24H25N9O2S/c1-17-3-2-4-20(28-17)23-26-11-9-21(31-23)30-22-10-12-27-24(32-22)29-18-5-7-19(8-6-18)36(34,35)33-15-13-25-14-16-33/h2-12,25H,13-16H2,1H3,(H2,26,27,29,30,31,32). The zero-order chi connectivity index (χ0) is 25.0. The summed E-state index contributed by atoms with van der Waals surface area (Å²) in [6.45, 7) is 4.15. The average molecular weight is 504 g/mol. The molecule has 0 aliphatic carbocycles. The Balaban J connectivity index is 1.28. The van der Waals surface area contributed by atoms with Crippen LogP contribution in [0.4, 0.5) is 23.3 Å². The van der Waals surface area contributed by atoms with Crippen LogP contribution in [-0.2, 0) is 10.0 Å². The van der Waals surface area contributed by atoms with E-state index in [0.29, 0.717) is 61.0 Å². The molecule has 4 heterocycles. The molecule has 3 aromatic heterocycles. The van der Waals surface area contributed by atoms with Crippen molar-refractivity contribution in [2.45, 2.75) is 11.8 Å². The summed E-state index contributed by atoms with van der Waals surface area (Å²) in [7, 11) is -3.51. The first kappa shape index (κ1) is 23.7. The largest absolute Gasteiger partial charge is 0.325 e. The highest BCUT2D eigenvalue weighted by atomic mass is 32.2. The first-order valence-corrected chi connectivity index (χ1v) is 12.9. The molecular formula is C24H25N9O2S. The Morgan fingerprint density at radius 1 is 0.833 bits per heavy atom. The molecule has 12 heteroatoms. The van der Waals surface area contributed by atoms with Gasteiger partial charge in [-0.2, -0.15) is 9.29 Å². The smallest absolute Gasteiger partial charge is 0.243 e. The van der Waals surface area contributed by atoms with E-state index in [0.717, 1.165) is 5.69 Å². The third-order valence-corrected chi connectivity index (χ3v) is 7.42. The maximum Gasteiger partial charge on any atom is 0.243 e. The molecule has 36 heavy (non-hydrogen) atoms. The van der Waals surface area contributed by atoms with E-state index >= 15 is 0 Å². The Kier molecular flexibility index (Phi) is 6.80. The van der Waals surface area contributed by atoms with Crippen molar-refractivity contribution in [2.75, 3.05) is 36.8 Å². The second kappa shape index (κ2) is 10.3. The molecule has 1 saturated heterocycles. The fourth-order valence-corrected chi connectivity index (χ4v) is 5.15. The van der Waals surface area contributed by atoms with Crippen molar-refractivity contribution in [3.63, 3.8) is 0 Å². The molecular weight excluding hydrogens is 478 g/mol. The van der Waals surface area contributed by atoms with Crippen molar-refractivity contribution in [2.24, 2.45) is 0 Å². The van der Waals surface area contributed by atoms with Gasteiger partial charge in [0, 0.05) is 50.0 Å². The summed E-state index contributed by atoms with van der Waals surface area (Å²) in [6, 6.07) is 15.7.